The summed E-state index contributed by atoms with van der Waals surface area (Å²) in [6.45, 7) is 10.1. The van der Waals surface area contributed by atoms with Crippen LogP contribution in [0.3, 0.4) is 0 Å². The van der Waals surface area contributed by atoms with Gasteiger partial charge in [0.05, 0.1) is 0 Å². The molecule has 0 amide bonds. The van der Waals surface area contributed by atoms with Gasteiger partial charge in [0.15, 0.2) is 0 Å². The molecule has 0 aliphatic heterocycles. The molecule has 0 heterocycles. The van der Waals surface area contributed by atoms with Crippen LogP contribution in [0.15, 0.2) is 66.7 Å². The van der Waals surface area contributed by atoms with E-state index in [1.807, 2.05) is 6.07 Å². The molecular formula is C24H32Cl2N2O. The van der Waals surface area contributed by atoms with Crippen LogP contribution in [0.5, 0.6) is 5.75 Å². The van der Waals surface area contributed by atoms with Crippen molar-refractivity contribution in [1.29, 1.82) is 0 Å². The van der Waals surface area contributed by atoms with Crippen molar-refractivity contribution >= 4 is 35.6 Å². The summed E-state index contributed by atoms with van der Waals surface area (Å²) in [5.41, 5.74) is 2.43. The van der Waals surface area contributed by atoms with Crippen LogP contribution in [0, 0.1) is 0 Å². The zero-order valence-electron chi connectivity index (χ0n) is 17.3. The molecule has 3 aromatic rings. The number of nitrogens with zero attached hydrogens (tertiary/aromatic N) is 1. The molecule has 0 spiro atoms. The van der Waals surface area contributed by atoms with E-state index in [9.17, 15) is 0 Å². The lowest BCUT2D eigenvalue weighted by Gasteiger charge is -2.19. The molecule has 3 nitrogen and oxygen atoms in total. The van der Waals surface area contributed by atoms with Crippen LogP contribution in [0.2, 0.25) is 0 Å². The average Bonchev–Trinajstić information content (AvgIpc) is 2.73. The summed E-state index contributed by atoms with van der Waals surface area (Å²) in [6.07, 6.45) is 0. The number of halogens is 2. The Bertz CT molecular complexity index is 839. The van der Waals surface area contributed by atoms with Crippen molar-refractivity contribution in [3.05, 3.63) is 77.9 Å². The van der Waals surface area contributed by atoms with E-state index in [1.165, 1.54) is 21.9 Å². The lowest BCUT2D eigenvalue weighted by atomic mass is 10.0. The van der Waals surface area contributed by atoms with Gasteiger partial charge in [-0.05, 0) is 35.5 Å². The molecule has 3 aromatic carbocycles. The predicted octanol–water partition coefficient (Wildman–Crippen LogP) is 5.69. The van der Waals surface area contributed by atoms with Crippen molar-refractivity contribution in [2.45, 2.75) is 27.0 Å². The summed E-state index contributed by atoms with van der Waals surface area (Å²) >= 11 is 0. The molecule has 0 unspecified atom stereocenters. The minimum absolute atomic E-state index is 0. The molecule has 0 aliphatic carbocycles. The Hall–Kier alpha value is -1.78. The van der Waals surface area contributed by atoms with E-state index in [-0.39, 0.29) is 24.8 Å². The first kappa shape index (κ1) is 25.3. The molecule has 0 aromatic heterocycles. The molecule has 0 saturated heterocycles. The Balaban J connectivity index is 0.00000210. The molecule has 158 valence electrons. The second kappa shape index (κ2) is 13.4. The van der Waals surface area contributed by atoms with E-state index >= 15 is 0 Å². The van der Waals surface area contributed by atoms with E-state index in [1.54, 1.807) is 0 Å². The molecule has 3 rings (SSSR count). The van der Waals surface area contributed by atoms with Gasteiger partial charge in [0.2, 0.25) is 0 Å². The van der Waals surface area contributed by atoms with Crippen molar-refractivity contribution < 1.29 is 4.74 Å². The fourth-order valence-corrected chi connectivity index (χ4v) is 3.36. The van der Waals surface area contributed by atoms with Crippen LogP contribution in [0.25, 0.3) is 10.8 Å². The zero-order chi connectivity index (χ0) is 18.9. The second-order valence-electron chi connectivity index (χ2n) is 6.74. The highest BCUT2D eigenvalue weighted by atomic mass is 35.5. The molecule has 5 heteroatoms. The van der Waals surface area contributed by atoms with Gasteiger partial charge < -0.3 is 15.0 Å². The molecule has 0 aliphatic rings. The van der Waals surface area contributed by atoms with Crippen molar-refractivity contribution in [3.8, 4) is 5.75 Å². The van der Waals surface area contributed by atoms with Gasteiger partial charge >= 0.3 is 0 Å². The van der Waals surface area contributed by atoms with Gasteiger partial charge in [-0.1, -0.05) is 74.5 Å². The predicted molar refractivity (Wildman–Crippen MR) is 129 cm³/mol. The number of ether oxygens (including phenoxy) is 1. The maximum Gasteiger partial charge on any atom is 0.124 e. The first-order chi connectivity index (χ1) is 13.3. The van der Waals surface area contributed by atoms with Crippen LogP contribution >= 0.6 is 24.8 Å². The van der Waals surface area contributed by atoms with Gasteiger partial charge in [-0.2, -0.15) is 0 Å². The largest absolute Gasteiger partial charge is 0.489 e. The van der Waals surface area contributed by atoms with Crippen LogP contribution in [-0.4, -0.2) is 31.1 Å². The smallest absolute Gasteiger partial charge is 0.124 e. The van der Waals surface area contributed by atoms with Crippen LogP contribution in [0.4, 0.5) is 0 Å². The number of likely N-dealkylation sites (N-methyl/N-ethyl adjacent to an activating group) is 1. The highest BCUT2D eigenvalue weighted by molar-refractivity contribution is 5.87. The first-order valence-corrected chi connectivity index (χ1v) is 9.92. The minimum atomic E-state index is 0. The van der Waals surface area contributed by atoms with E-state index in [2.05, 4.69) is 84.7 Å². The van der Waals surface area contributed by atoms with Gasteiger partial charge in [-0.25, -0.2) is 0 Å². The monoisotopic (exact) mass is 434 g/mol. The van der Waals surface area contributed by atoms with Gasteiger partial charge in [-0.3, -0.25) is 0 Å². The summed E-state index contributed by atoms with van der Waals surface area (Å²) in [6, 6.07) is 23.1. The van der Waals surface area contributed by atoms with Crippen LogP contribution < -0.4 is 10.1 Å². The fourth-order valence-electron chi connectivity index (χ4n) is 3.36. The van der Waals surface area contributed by atoms with Crippen LogP contribution in [-0.2, 0) is 13.2 Å². The number of hydrogen-bond acceptors (Lipinski definition) is 3. The third kappa shape index (κ3) is 7.20. The lowest BCUT2D eigenvalue weighted by Crippen LogP contribution is -2.31. The number of rotatable bonds is 10. The number of fused-ring (bicyclic) bond motifs is 1. The fraction of sp³-hybridized carbons (Fsp3) is 0.333. The molecule has 1 N–H and O–H groups in total. The third-order valence-corrected chi connectivity index (χ3v) is 5.04. The lowest BCUT2D eigenvalue weighted by molar-refractivity contribution is 0.296. The van der Waals surface area contributed by atoms with Gasteiger partial charge in [0.25, 0.3) is 0 Å². The molecular weight excluding hydrogens is 403 g/mol. The minimum Gasteiger partial charge on any atom is -0.489 e. The van der Waals surface area contributed by atoms with Crippen LogP contribution in [0.1, 0.15) is 25.0 Å². The third-order valence-electron chi connectivity index (χ3n) is 5.04. The quantitative estimate of drug-likeness (QED) is 0.414. The van der Waals surface area contributed by atoms with E-state index < -0.39 is 0 Å². The number of nitrogens with one attached hydrogen (secondary N) is 1. The highest BCUT2D eigenvalue weighted by Gasteiger charge is 2.09. The summed E-state index contributed by atoms with van der Waals surface area (Å²) in [5, 5.41) is 6.13. The second-order valence-corrected chi connectivity index (χ2v) is 6.74. The molecule has 0 saturated carbocycles. The number of benzene rings is 3. The maximum atomic E-state index is 6.20. The number of hydrogen-bond donors (Lipinski definition) is 1. The summed E-state index contributed by atoms with van der Waals surface area (Å²) in [5.74, 6) is 0.966. The maximum absolute atomic E-state index is 6.20. The van der Waals surface area contributed by atoms with Gasteiger partial charge in [0, 0.05) is 25.2 Å². The Labute approximate surface area is 187 Å². The normalized spacial score (nSPS) is 10.4. The first-order valence-electron chi connectivity index (χ1n) is 9.92. The van der Waals surface area contributed by atoms with Crippen molar-refractivity contribution in [3.63, 3.8) is 0 Å². The van der Waals surface area contributed by atoms with E-state index in [0.29, 0.717) is 6.61 Å². The standard InChI is InChI=1S/C24H30N2O.2ClH/c1-3-26(4-2)17-16-25-18-23-22-13-9-8-12-21(22)14-15-24(23)27-19-20-10-6-5-7-11-20;;/h5-15,25H,3-4,16-19H2,1-2H3;2*1H. The van der Waals surface area contributed by atoms with Crippen molar-refractivity contribution in [1.82, 2.24) is 10.2 Å². The van der Waals surface area contributed by atoms with E-state index in [0.717, 1.165) is 38.5 Å². The molecule has 0 atom stereocenters. The van der Waals surface area contributed by atoms with E-state index in [4.69, 9.17) is 4.74 Å². The zero-order valence-corrected chi connectivity index (χ0v) is 18.9. The molecule has 0 bridgehead atoms. The van der Waals surface area contributed by atoms with Gasteiger partial charge in [0.1, 0.15) is 12.4 Å². The van der Waals surface area contributed by atoms with Gasteiger partial charge in [-0.15, -0.1) is 24.8 Å². The Morgan fingerprint density at radius 3 is 2.24 bits per heavy atom. The van der Waals surface area contributed by atoms with Crippen molar-refractivity contribution in [2.24, 2.45) is 0 Å². The molecule has 29 heavy (non-hydrogen) atoms. The molecule has 0 radical (unpaired) electrons. The highest BCUT2D eigenvalue weighted by Crippen LogP contribution is 2.28. The Morgan fingerprint density at radius 2 is 1.52 bits per heavy atom. The topological polar surface area (TPSA) is 24.5 Å². The summed E-state index contributed by atoms with van der Waals surface area (Å²) in [4.78, 5) is 2.43. The molecule has 0 fully saturated rings. The Morgan fingerprint density at radius 1 is 0.828 bits per heavy atom. The summed E-state index contributed by atoms with van der Waals surface area (Å²) in [7, 11) is 0. The summed E-state index contributed by atoms with van der Waals surface area (Å²) < 4.78 is 6.20. The SMILES string of the molecule is CCN(CC)CCNCc1c(OCc2ccccc2)ccc2ccccc12.Cl.Cl. The average molecular weight is 435 g/mol. The Kier molecular flexibility index (Phi) is 11.7. The van der Waals surface area contributed by atoms with Crippen molar-refractivity contribution in [2.75, 3.05) is 26.2 Å².